The van der Waals surface area contributed by atoms with E-state index >= 15 is 0 Å². The summed E-state index contributed by atoms with van der Waals surface area (Å²) in [6.07, 6.45) is 0. The van der Waals surface area contributed by atoms with Gasteiger partial charge in [-0.25, -0.2) is 4.98 Å². The van der Waals surface area contributed by atoms with Crippen LogP contribution in [0.4, 0.5) is 10.8 Å². The van der Waals surface area contributed by atoms with Crippen molar-refractivity contribution >= 4 is 38.3 Å². The molecule has 6 heteroatoms. The van der Waals surface area contributed by atoms with Crippen LogP contribution < -0.4 is 15.0 Å². The van der Waals surface area contributed by atoms with Gasteiger partial charge in [0.15, 0.2) is 5.13 Å². The summed E-state index contributed by atoms with van der Waals surface area (Å²) in [6, 6.07) is 11.6. The molecule has 0 saturated carbocycles. The third-order valence-electron chi connectivity index (χ3n) is 4.40. The zero-order valence-electron chi connectivity index (χ0n) is 15.5. The predicted molar refractivity (Wildman–Crippen MR) is 109 cm³/mol. The lowest BCUT2D eigenvalue weighted by Gasteiger charge is -2.20. The average Bonchev–Trinajstić information content (AvgIpc) is 3.08. The van der Waals surface area contributed by atoms with E-state index in [0.29, 0.717) is 16.4 Å². The molecule has 0 radical (unpaired) electrons. The van der Waals surface area contributed by atoms with Crippen molar-refractivity contribution in [1.82, 2.24) is 4.98 Å². The highest BCUT2D eigenvalue weighted by molar-refractivity contribution is 7.22. The summed E-state index contributed by atoms with van der Waals surface area (Å²) < 4.78 is 6.39. The Labute approximate surface area is 157 Å². The van der Waals surface area contributed by atoms with Crippen LogP contribution in [0.2, 0.25) is 0 Å². The number of rotatable bonds is 6. The summed E-state index contributed by atoms with van der Waals surface area (Å²) in [5.74, 6) is 0.553. The first-order valence-corrected chi connectivity index (χ1v) is 9.49. The first-order valence-electron chi connectivity index (χ1n) is 8.67. The largest absolute Gasteiger partial charge is 0.494 e. The summed E-state index contributed by atoms with van der Waals surface area (Å²) >= 11 is 1.46. The lowest BCUT2D eigenvalue weighted by molar-refractivity contribution is 0.102. The van der Waals surface area contributed by atoms with Gasteiger partial charge >= 0.3 is 0 Å². The molecule has 0 aliphatic carbocycles. The number of anilines is 2. The Morgan fingerprint density at radius 2 is 1.85 bits per heavy atom. The Bertz CT molecular complexity index is 915. The van der Waals surface area contributed by atoms with Crippen molar-refractivity contribution in [2.75, 3.05) is 30.4 Å². The van der Waals surface area contributed by atoms with E-state index in [1.54, 1.807) is 7.11 Å². The van der Waals surface area contributed by atoms with Gasteiger partial charge in [0, 0.05) is 24.3 Å². The Balaban J connectivity index is 1.82. The highest BCUT2D eigenvalue weighted by atomic mass is 32.1. The van der Waals surface area contributed by atoms with Crippen molar-refractivity contribution in [2.24, 2.45) is 0 Å². The van der Waals surface area contributed by atoms with Crippen molar-refractivity contribution in [3.8, 4) is 5.75 Å². The van der Waals surface area contributed by atoms with Gasteiger partial charge in [-0.2, -0.15) is 0 Å². The van der Waals surface area contributed by atoms with Gasteiger partial charge in [0.25, 0.3) is 5.91 Å². The molecule has 0 spiro atoms. The number of benzene rings is 2. The van der Waals surface area contributed by atoms with Gasteiger partial charge < -0.3 is 9.64 Å². The van der Waals surface area contributed by atoms with Gasteiger partial charge in [-0.05, 0) is 56.7 Å². The minimum atomic E-state index is -0.160. The maximum Gasteiger partial charge on any atom is 0.257 e. The van der Waals surface area contributed by atoms with Gasteiger partial charge in [-0.3, -0.25) is 10.1 Å². The molecule has 0 saturated heterocycles. The third kappa shape index (κ3) is 3.51. The molecule has 0 fully saturated rings. The lowest BCUT2D eigenvalue weighted by Crippen LogP contribution is -2.21. The number of nitrogens with one attached hydrogen (secondary N) is 1. The highest BCUT2D eigenvalue weighted by Crippen LogP contribution is 2.34. The van der Waals surface area contributed by atoms with Crippen LogP contribution in [0.25, 0.3) is 10.2 Å². The fourth-order valence-electron chi connectivity index (χ4n) is 2.91. The number of fused-ring (bicyclic) bond motifs is 1. The van der Waals surface area contributed by atoms with E-state index in [1.807, 2.05) is 43.3 Å². The maximum atomic E-state index is 12.6. The Kier molecular flexibility index (Phi) is 5.42. The fraction of sp³-hybridized carbons (Fsp3) is 0.300. The van der Waals surface area contributed by atoms with E-state index in [4.69, 9.17) is 4.74 Å². The summed E-state index contributed by atoms with van der Waals surface area (Å²) in [5, 5.41) is 3.48. The van der Waals surface area contributed by atoms with Crippen molar-refractivity contribution in [2.45, 2.75) is 20.8 Å². The van der Waals surface area contributed by atoms with E-state index in [1.165, 1.54) is 11.3 Å². The molecule has 1 heterocycles. The maximum absolute atomic E-state index is 12.6. The fourth-order valence-corrected chi connectivity index (χ4v) is 3.86. The van der Waals surface area contributed by atoms with Crippen LogP contribution in [-0.2, 0) is 0 Å². The van der Waals surface area contributed by atoms with E-state index in [9.17, 15) is 4.79 Å². The molecule has 0 atom stereocenters. The van der Waals surface area contributed by atoms with E-state index in [0.717, 1.165) is 34.6 Å². The van der Waals surface area contributed by atoms with Crippen LogP contribution in [0, 0.1) is 6.92 Å². The van der Waals surface area contributed by atoms with Crippen LogP contribution in [0.5, 0.6) is 5.75 Å². The Morgan fingerprint density at radius 3 is 2.46 bits per heavy atom. The smallest absolute Gasteiger partial charge is 0.257 e. The molecule has 0 aliphatic heterocycles. The summed E-state index contributed by atoms with van der Waals surface area (Å²) in [6.45, 7) is 8.14. The lowest BCUT2D eigenvalue weighted by atomic mass is 10.2. The second kappa shape index (κ2) is 7.74. The topological polar surface area (TPSA) is 54.5 Å². The number of aromatic nitrogens is 1. The number of carbonyl (C=O) groups is 1. The molecule has 26 heavy (non-hydrogen) atoms. The zero-order valence-corrected chi connectivity index (χ0v) is 16.3. The summed E-state index contributed by atoms with van der Waals surface area (Å²) in [7, 11) is 1.62. The molecule has 0 bridgehead atoms. The number of aryl methyl sites for hydroxylation is 1. The third-order valence-corrected chi connectivity index (χ3v) is 5.51. The number of hydrogen-bond donors (Lipinski definition) is 1. The number of amides is 1. The normalized spacial score (nSPS) is 10.8. The molecule has 2 aromatic carbocycles. The molecule has 1 amide bonds. The number of carbonyl (C=O) groups excluding carboxylic acids is 1. The highest BCUT2D eigenvalue weighted by Gasteiger charge is 2.14. The number of nitrogens with zero attached hydrogens (tertiary/aromatic N) is 2. The van der Waals surface area contributed by atoms with Gasteiger partial charge in [0.05, 0.1) is 11.8 Å². The molecule has 0 aliphatic rings. The molecular formula is C20H23N3O2S. The summed E-state index contributed by atoms with van der Waals surface area (Å²) in [5.41, 5.74) is 3.63. The predicted octanol–water partition coefficient (Wildman–Crippen LogP) is 4.71. The molecule has 0 unspecified atom stereocenters. The molecule has 136 valence electrons. The van der Waals surface area contributed by atoms with Crippen molar-refractivity contribution < 1.29 is 9.53 Å². The van der Waals surface area contributed by atoms with Crippen LogP contribution >= 0.6 is 11.3 Å². The number of methoxy groups -OCH3 is 1. The van der Waals surface area contributed by atoms with Crippen LogP contribution in [0.1, 0.15) is 29.8 Å². The standard InChI is InChI=1S/C20H23N3O2S/c1-5-23(6-2)15-10-8-14(9-11-15)19(24)22-20-21-17-16(25-4)12-7-13(3)18(17)26-20/h7-12H,5-6H2,1-4H3,(H,21,22,24). The minimum absolute atomic E-state index is 0.160. The van der Waals surface area contributed by atoms with Gasteiger partial charge in [-0.1, -0.05) is 17.4 Å². The number of hydrogen-bond acceptors (Lipinski definition) is 5. The second-order valence-corrected chi connectivity index (χ2v) is 6.95. The minimum Gasteiger partial charge on any atom is -0.494 e. The molecule has 1 N–H and O–H groups in total. The van der Waals surface area contributed by atoms with Gasteiger partial charge in [0.2, 0.25) is 0 Å². The van der Waals surface area contributed by atoms with E-state index in [-0.39, 0.29) is 5.91 Å². The average molecular weight is 369 g/mol. The molecule has 5 nitrogen and oxygen atoms in total. The van der Waals surface area contributed by atoms with Crippen molar-refractivity contribution in [3.05, 3.63) is 47.5 Å². The van der Waals surface area contributed by atoms with E-state index < -0.39 is 0 Å². The SMILES string of the molecule is CCN(CC)c1ccc(C(=O)Nc2nc3c(OC)ccc(C)c3s2)cc1. The van der Waals surface area contributed by atoms with Crippen molar-refractivity contribution in [1.29, 1.82) is 0 Å². The van der Waals surface area contributed by atoms with Crippen LogP contribution in [0.3, 0.4) is 0 Å². The molecule has 1 aromatic heterocycles. The molecule has 3 aromatic rings. The van der Waals surface area contributed by atoms with Crippen LogP contribution in [-0.4, -0.2) is 31.1 Å². The monoisotopic (exact) mass is 369 g/mol. The summed E-state index contributed by atoms with van der Waals surface area (Å²) in [4.78, 5) is 19.3. The Hall–Kier alpha value is -2.60. The zero-order chi connectivity index (χ0) is 18.7. The van der Waals surface area contributed by atoms with Crippen LogP contribution in [0.15, 0.2) is 36.4 Å². The number of ether oxygens (including phenoxy) is 1. The van der Waals surface area contributed by atoms with E-state index in [2.05, 4.69) is 29.0 Å². The van der Waals surface area contributed by atoms with Gasteiger partial charge in [0.1, 0.15) is 11.3 Å². The molecule has 3 rings (SSSR count). The first kappa shape index (κ1) is 18.2. The Morgan fingerprint density at radius 1 is 1.15 bits per heavy atom. The van der Waals surface area contributed by atoms with Gasteiger partial charge in [-0.15, -0.1) is 0 Å². The van der Waals surface area contributed by atoms with Crippen molar-refractivity contribution in [3.63, 3.8) is 0 Å². The number of thiazole rings is 1. The second-order valence-electron chi connectivity index (χ2n) is 5.95. The molecular weight excluding hydrogens is 346 g/mol. The quantitative estimate of drug-likeness (QED) is 0.683. The first-order chi connectivity index (χ1) is 12.6.